The summed E-state index contributed by atoms with van der Waals surface area (Å²) in [5.74, 6) is 1.71. The molecule has 1 aliphatic heterocycles. The number of aryl methyl sites for hydroxylation is 2. The van der Waals surface area contributed by atoms with Crippen molar-refractivity contribution in [3.05, 3.63) is 52.7 Å². The third-order valence-electron chi connectivity index (χ3n) is 5.21. The SMILES string of the molecule is Cc1cccc(N2CCN(Cn3nc(-c4ccoc4C)n(C)c3=S)CC2)c1. The molecule has 0 unspecified atom stereocenters. The minimum Gasteiger partial charge on any atom is -0.469 e. The largest absolute Gasteiger partial charge is 0.469 e. The summed E-state index contributed by atoms with van der Waals surface area (Å²) < 4.78 is 10.0. The molecule has 4 rings (SSSR count). The predicted molar refractivity (Wildman–Crippen MR) is 109 cm³/mol. The maximum atomic E-state index is 5.61. The van der Waals surface area contributed by atoms with Gasteiger partial charge in [-0.15, -0.1) is 0 Å². The van der Waals surface area contributed by atoms with E-state index in [1.807, 2.05) is 29.3 Å². The summed E-state index contributed by atoms with van der Waals surface area (Å²) in [5.41, 5.74) is 3.60. The number of anilines is 1. The summed E-state index contributed by atoms with van der Waals surface area (Å²) in [5, 5.41) is 4.76. The standard InChI is InChI=1S/C20H25N5OS/c1-15-5-4-6-17(13-15)24-10-8-23(9-11-24)14-25-20(27)22(3)19(21-25)18-7-12-26-16(18)2/h4-7,12-13H,8-11,14H2,1-3H3. The van der Waals surface area contributed by atoms with Crippen LogP contribution in [-0.2, 0) is 13.7 Å². The van der Waals surface area contributed by atoms with Crippen LogP contribution in [0.25, 0.3) is 11.4 Å². The van der Waals surface area contributed by atoms with Gasteiger partial charge in [-0.05, 0) is 49.8 Å². The van der Waals surface area contributed by atoms with Gasteiger partial charge in [0, 0.05) is 38.9 Å². The van der Waals surface area contributed by atoms with Crippen molar-refractivity contribution in [3.63, 3.8) is 0 Å². The lowest BCUT2D eigenvalue weighted by Crippen LogP contribution is -2.47. The van der Waals surface area contributed by atoms with Crippen LogP contribution in [-0.4, -0.2) is 45.4 Å². The molecule has 1 saturated heterocycles. The first kappa shape index (κ1) is 18.0. The van der Waals surface area contributed by atoms with Crippen LogP contribution < -0.4 is 4.90 Å². The fourth-order valence-corrected chi connectivity index (χ4v) is 3.78. The Labute approximate surface area is 164 Å². The molecule has 3 aromatic rings. The minimum absolute atomic E-state index is 0.714. The highest BCUT2D eigenvalue weighted by molar-refractivity contribution is 7.71. The van der Waals surface area contributed by atoms with E-state index in [1.54, 1.807) is 6.26 Å². The molecular weight excluding hydrogens is 358 g/mol. The maximum Gasteiger partial charge on any atom is 0.199 e. The number of nitrogens with zero attached hydrogens (tertiary/aromatic N) is 5. The summed E-state index contributed by atoms with van der Waals surface area (Å²) in [7, 11) is 1.96. The molecule has 1 aliphatic rings. The van der Waals surface area contributed by atoms with E-state index in [4.69, 9.17) is 21.7 Å². The van der Waals surface area contributed by atoms with Crippen LogP contribution in [0.15, 0.2) is 41.0 Å². The molecule has 0 N–H and O–H groups in total. The number of rotatable bonds is 4. The van der Waals surface area contributed by atoms with Gasteiger partial charge in [0.1, 0.15) is 5.76 Å². The minimum atomic E-state index is 0.714. The third-order valence-corrected chi connectivity index (χ3v) is 5.70. The van der Waals surface area contributed by atoms with Crippen molar-refractivity contribution in [3.8, 4) is 11.4 Å². The molecule has 3 heterocycles. The predicted octanol–water partition coefficient (Wildman–Crippen LogP) is 3.61. The summed E-state index contributed by atoms with van der Waals surface area (Å²) in [6, 6.07) is 10.7. The second-order valence-corrected chi connectivity index (χ2v) is 7.51. The van der Waals surface area contributed by atoms with E-state index in [-0.39, 0.29) is 0 Å². The fourth-order valence-electron chi connectivity index (χ4n) is 3.59. The molecule has 6 nitrogen and oxygen atoms in total. The lowest BCUT2D eigenvalue weighted by molar-refractivity contribution is 0.194. The van der Waals surface area contributed by atoms with Gasteiger partial charge in [0.05, 0.1) is 18.5 Å². The highest BCUT2D eigenvalue weighted by Crippen LogP contribution is 2.23. The second-order valence-electron chi connectivity index (χ2n) is 7.14. The highest BCUT2D eigenvalue weighted by Gasteiger charge is 2.20. The van der Waals surface area contributed by atoms with Crippen LogP contribution in [0.4, 0.5) is 5.69 Å². The smallest absolute Gasteiger partial charge is 0.199 e. The fraction of sp³-hybridized carbons (Fsp3) is 0.400. The van der Waals surface area contributed by atoms with Gasteiger partial charge < -0.3 is 13.9 Å². The van der Waals surface area contributed by atoms with Crippen LogP contribution in [0.1, 0.15) is 11.3 Å². The van der Waals surface area contributed by atoms with Crippen molar-refractivity contribution < 1.29 is 4.42 Å². The maximum absolute atomic E-state index is 5.61. The summed E-state index contributed by atoms with van der Waals surface area (Å²) in [6.45, 7) is 8.81. The molecule has 0 amide bonds. The number of hydrogen-bond donors (Lipinski definition) is 0. The average Bonchev–Trinajstić information content (AvgIpc) is 3.20. The van der Waals surface area contributed by atoms with Gasteiger partial charge >= 0.3 is 0 Å². The molecule has 7 heteroatoms. The molecule has 0 bridgehead atoms. The normalized spacial score (nSPS) is 15.4. The third kappa shape index (κ3) is 3.57. The van der Waals surface area contributed by atoms with Crippen LogP contribution in [0.3, 0.4) is 0 Å². The van der Waals surface area contributed by atoms with E-state index >= 15 is 0 Å². The van der Waals surface area contributed by atoms with E-state index in [0.717, 1.165) is 48.1 Å². The first-order chi connectivity index (χ1) is 13.0. The first-order valence-electron chi connectivity index (χ1n) is 9.25. The number of benzene rings is 1. The van der Waals surface area contributed by atoms with Gasteiger partial charge in [0.2, 0.25) is 0 Å². The molecule has 0 saturated carbocycles. The van der Waals surface area contributed by atoms with Crippen LogP contribution in [0.5, 0.6) is 0 Å². The quantitative estimate of drug-likeness (QED) is 0.644. The molecule has 0 aliphatic carbocycles. The first-order valence-corrected chi connectivity index (χ1v) is 9.66. The van der Waals surface area contributed by atoms with Crippen LogP contribution in [0.2, 0.25) is 0 Å². The summed E-state index contributed by atoms with van der Waals surface area (Å²) in [6.07, 6.45) is 1.69. The van der Waals surface area contributed by atoms with Gasteiger partial charge in [0.15, 0.2) is 10.6 Å². The topological polar surface area (TPSA) is 42.4 Å². The molecule has 2 aromatic heterocycles. The lowest BCUT2D eigenvalue weighted by Gasteiger charge is -2.36. The van der Waals surface area contributed by atoms with Gasteiger partial charge in [-0.2, -0.15) is 5.10 Å². The molecule has 0 radical (unpaired) electrons. The highest BCUT2D eigenvalue weighted by atomic mass is 32.1. The Hall–Kier alpha value is -2.38. The van der Waals surface area contributed by atoms with E-state index < -0.39 is 0 Å². The Balaban J connectivity index is 1.45. The zero-order valence-electron chi connectivity index (χ0n) is 16.1. The van der Waals surface area contributed by atoms with Gasteiger partial charge in [0.25, 0.3) is 0 Å². The average molecular weight is 384 g/mol. The van der Waals surface area contributed by atoms with E-state index in [1.165, 1.54) is 11.3 Å². The van der Waals surface area contributed by atoms with Crippen LogP contribution >= 0.6 is 12.2 Å². The van der Waals surface area contributed by atoms with Crippen molar-refractivity contribution in [2.75, 3.05) is 31.1 Å². The molecular formula is C20H25N5OS. The molecule has 0 atom stereocenters. The Morgan fingerprint density at radius 2 is 1.89 bits per heavy atom. The Bertz CT molecular complexity index is 994. The van der Waals surface area contributed by atoms with Crippen molar-refractivity contribution in [2.45, 2.75) is 20.5 Å². The number of furan rings is 1. The van der Waals surface area contributed by atoms with Crippen LogP contribution in [0, 0.1) is 18.6 Å². The monoisotopic (exact) mass is 383 g/mol. The van der Waals surface area contributed by atoms with Crippen molar-refractivity contribution in [1.82, 2.24) is 19.2 Å². The summed E-state index contributed by atoms with van der Waals surface area (Å²) in [4.78, 5) is 4.85. The molecule has 1 fully saturated rings. The molecule has 142 valence electrons. The lowest BCUT2D eigenvalue weighted by atomic mass is 10.2. The Morgan fingerprint density at radius 3 is 2.56 bits per heavy atom. The van der Waals surface area contributed by atoms with E-state index in [2.05, 4.69) is 41.0 Å². The van der Waals surface area contributed by atoms with E-state index in [9.17, 15) is 0 Å². The Morgan fingerprint density at radius 1 is 1.11 bits per heavy atom. The van der Waals surface area contributed by atoms with Gasteiger partial charge in [-0.3, -0.25) is 4.90 Å². The van der Waals surface area contributed by atoms with Gasteiger partial charge in [-0.25, -0.2) is 4.68 Å². The van der Waals surface area contributed by atoms with Crippen molar-refractivity contribution in [2.24, 2.45) is 7.05 Å². The second kappa shape index (κ2) is 7.32. The molecule has 27 heavy (non-hydrogen) atoms. The van der Waals surface area contributed by atoms with Crippen molar-refractivity contribution in [1.29, 1.82) is 0 Å². The zero-order chi connectivity index (χ0) is 19.0. The molecule has 1 aromatic carbocycles. The van der Waals surface area contributed by atoms with Crippen molar-refractivity contribution >= 4 is 17.9 Å². The van der Waals surface area contributed by atoms with E-state index in [0.29, 0.717) is 6.67 Å². The number of aromatic nitrogens is 3. The Kier molecular flexibility index (Phi) is 4.88. The zero-order valence-corrected chi connectivity index (χ0v) is 16.9. The number of piperazine rings is 1. The van der Waals surface area contributed by atoms with Gasteiger partial charge in [-0.1, -0.05) is 12.1 Å². The molecule has 0 spiro atoms. The summed E-state index contributed by atoms with van der Waals surface area (Å²) >= 11 is 5.61. The number of hydrogen-bond acceptors (Lipinski definition) is 5.